The maximum atomic E-state index is 13.6. The largest absolute Gasteiger partial charge is 0.493 e. The first-order valence-electron chi connectivity index (χ1n) is 12.3. The van der Waals surface area contributed by atoms with E-state index in [2.05, 4.69) is 43.6 Å². The van der Waals surface area contributed by atoms with Gasteiger partial charge in [0, 0.05) is 9.86 Å². The summed E-state index contributed by atoms with van der Waals surface area (Å²) in [6.07, 6.45) is 0.709. The molecule has 0 aliphatic heterocycles. The van der Waals surface area contributed by atoms with Gasteiger partial charge in [0.15, 0.2) is 23.4 Å². The number of esters is 1. The minimum absolute atomic E-state index is 0.257. The molecule has 3 aromatic carbocycles. The number of hydrogen-bond donors (Lipinski definition) is 0. The van der Waals surface area contributed by atoms with Gasteiger partial charge in [-0.05, 0) is 90.5 Å². The molecule has 5 rings (SSSR count). The van der Waals surface area contributed by atoms with Crippen LogP contribution >= 0.6 is 38.5 Å². The Balaban J connectivity index is 1.58. The van der Waals surface area contributed by atoms with Gasteiger partial charge < -0.3 is 18.6 Å². The van der Waals surface area contributed by atoms with Crippen LogP contribution in [0.5, 0.6) is 11.5 Å². The molecule has 0 N–H and O–H groups in total. The zero-order chi connectivity index (χ0) is 28.4. The van der Waals surface area contributed by atoms with Crippen molar-refractivity contribution in [1.82, 2.24) is 9.66 Å². The molecule has 0 fully saturated rings. The van der Waals surface area contributed by atoms with Crippen LogP contribution in [0.1, 0.15) is 19.4 Å². The lowest BCUT2D eigenvalue weighted by Crippen LogP contribution is -2.26. The second-order valence-corrected chi connectivity index (χ2v) is 10.7. The Bertz CT molecular complexity index is 1830. The first-order chi connectivity index (χ1) is 19.3. The number of hydrogen-bond acceptors (Lipinski definition) is 8. The second kappa shape index (κ2) is 11.8. The van der Waals surface area contributed by atoms with Crippen molar-refractivity contribution in [3.05, 3.63) is 84.6 Å². The molecule has 0 aliphatic rings. The molecule has 0 amide bonds. The molecule has 9 nitrogen and oxygen atoms in total. The summed E-state index contributed by atoms with van der Waals surface area (Å²) >= 11 is 5.57. The number of rotatable bonds is 8. The third-order valence-corrected chi connectivity index (χ3v) is 7.23. The molecule has 40 heavy (non-hydrogen) atoms. The average molecular weight is 716 g/mol. The predicted molar refractivity (Wildman–Crippen MR) is 164 cm³/mol. The Labute approximate surface area is 251 Å². The molecule has 0 radical (unpaired) electrons. The molecule has 204 valence electrons. The van der Waals surface area contributed by atoms with E-state index in [-0.39, 0.29) is 18.0 Å². The summed E-state index contributed by atoms with van der Waals surface area (Å²) in [5.41, 5.74) is 1.48. The summed E-state index contributed by atoms with van der Waals surface area (Å²) in [7, 11) is 1.50. The van der Waals surface area contributed by atoms with Gasteiger partial charge in [-0.2, -0.15) is 9.78 Å². The van der Waals surface area contributed by atoms with Crippen LogP contribution in [-0.2, 0) is 9.53 Å². The summed E-state index contributed by atoms with van der Waals surface area (Å²) < 4.78 is 25.3. The van der Waals surface area contributed by atoms with E-state index in [9.17, 15) is 9.59 Å². The van der Waals surface area contributed by atoms with Gasteiger partial charge in [0.2, 0.25) is 5.82 Å². The Morgan fingerprint density at radius 2 is 2.00 bits per heavy atom. The fourth-order valence-electron chi connectivity index (χ4n) is 4.05. The number of aromatic nitrogens is 2. The van der Waals surface area contributed by atoms with Crippen molar-refractivity contribution in [3.63, 3.8) is 0 Å². The summed E-state index contributed by atoms with van der Waals surface area (Å²) in [6.45, 7) is 3.60. The third kappa shape index (κ3) is 5.61. The van der Waals surface area contributed by atoms with Crippen molar-refractivity contribution in [1.29, 1.82) is 0 Å². The highest BCUT2D eigenvalue weighted by Crippen LogP contribution is 2.35. The molecule has 11 heteroatoms. The minimum Gasteiger partial charge on any atom is -0.493 e. The fourth-order valence-corrected chi connectivity index (χ4v) is 5.18. The van der Waals surface area contributed by atoms with Gasteiger partial charge in [-0.3, -0.25) is 4.79 Å². The van der Waals surface area contributed by atoms with Crippen molar-refractivity contribution < 1.29 is 23.4 Å². The lowest BCUT2D eigenvalue weighted by Gasteiger charge is -2.17. The molecule has 2 aromatic heterocycles. The van der Waals surface area contributed by atoms with Crippen LogP contribution in [0.2, 0.25) is 0 Å². The maximum Gasteiger partial charge on any atom is 0.347 e. The van der Waals surface area contributed by atoms with Gasteiger partial charge in [-0.1, -0.05) is 28.1 Å². The smallest absolute Gasteiger partial charge is 0.347 e. The van der Waals surface area contributed by atoms with Crippen LogP contribution in [0.3, 0.4) is 0 Å². The van der Waals surface area contributed by atoms with E-state index in [0.717, 1.165) is 9.86 Å². The number of carbonyl (C=O) groups excluding carboxylic acids is 1. The van der Waals surface area contributed by atoms with Gasteiger partial charge in [-0.15, -0.1) is 0 Å². The molecule has 0 saturated carbocycles. The SMILES string of the molecule is CCOC(=O)[C@H](C)Oc1c(I)cc(C=Nn2c(-c3cc4cc(Br)ccc4o3)nc3ccccc3c2=O)cc1OC. The number of halogens is 2. The van der Waals surface area contributed by atoms with Crippen LogP contribution in [0, 0.1) is 3.57 Å². The van der Waals surface area contributed by atoms with Crippen molar-refractivity contribution in [2.45, 2.75) is 20.0 Å². The van der Waals surface area contributed by atoms with Crippen LogP contribution in [0.25, 0.3) is 33.5 Å². The van der Waals surface area contributed by atoms with Crippen molar-refractivity contribution in [2.24, 2.45) is 5.10 Å². The van der Waals surface area contributed by atoms with Crippen LogP contribution in [0.15, 0.2) is 79.4 Å². The molecule has 0 aliphatic carbocycles. The van der Waals surface area contributed by atoms with Gasteiger partial charge in [0.1, 0.15) is 5.58 Å². The van der Waals surface area contributed by atoms with Crippen LogP contribution < -0.4 is 15.0 Å². The zero-order valence-corrected chi connectivity index (χ0v) is 25.4. The first kappa shape index (κ1) is 27.8. The molecular formula is C29H23BrIN3O6. The fraction of sp³-hybridized carbons (Fsp3) is 0.172. The highest BCUT2D eigenvalue weighted by atomic mass is 127. The summed E-state index contributed by atoms with van der Waals surface area (Å²) in [4.78, 5) is 30.4. The number of ether oxygens (including phenoxy) is 3. The predicted octanol–water partition coefficient (Wildman–Crippen LogP) is 6.40. The van der Waals surface area contributed by atoms with Gasteiger partial charge in [0.25, 0.3) is 5.56 Å². The molecule has 0 spiro atoms. The van der Waals surface area contributed by atoms with E-state index in [4.69, 9.17) is 23.6 Å². The standard InChI is InChI=1S/C29H23BrIN3O6/c1-4-38-29(36)16(2)39-26-21(31)11-17(12-24(26)37-3)15-32-34-27(33-22-8-6-5-7-20(22)28(34)35)25-14-18-13-19(30)9-10-23(18)40-25/h5-16H,4H2,1-3H3/t16-/m0/s1. The van der Waals surface area contributed by atoms with Crippen molar-refractivity contribution in [3.8, 4) is 23.1 Å². The molecule has 1 atom stereocenters. The number of methoxy groups -OCH3 is 1. The van der Waals surface area contributed by atoms with E-state index in [0.29, 0.717) is 42.9 Å². The number of nitrogens with zero attached hydrogens (tertiary/aromatic N) is 3. The first-order valence-corrected chi connectivity index (χ1v) is 14.1. The van der Waals surface area contributed by atoms with Gasteiger partial charge in [0.05, 0.1) is 34.4 Å². The Kier molecular flexibility index (Phi) is 8.22. The van der Waals surface area contributed by atoms with E-state index in [1.165, 1.54) is 18.0 Å². The maximum absolute atomic E-state index is 13.6. The molecule has 0 unspecified atom stereocenters. The summed E-state index contributed by atoms with van der Waals surface area (Å²) in [5.74, 6) is 0.991. The lowest BCUT2D eigenvalue weighted by atomic mass is 10.2. The van der Waals surface area contributed by atoms with Gasteiger partial charge >= 0.3 is 5.97 Å². The average Bonchev–Trinajstić information content (AvgIpc) is 3.36. The third-order valence-electron chi connectivity index (χ3n) is 5.94. The molecule has 0 bridgehead atoms. The summed E-state index contributed by atoms with van der Waals surface area (Å²) in [5, 5.41) is 5.80. The Morgan fingerprint density at radius 1 is 1.20 bits per heavy atom. The molecule has 0 saturated heterocycles. The van der Waals surface area contributed by atoms with Crippen molar-refractivity contribution >= 4 is 72.6 Å². The normalized spacial score (nSPS) is 12.2. The molecule has 2 heterocycles. The summed E-state index contributed by atoms with van der Waals surface area (Å²) in [6, 6.07) is 18.1. The highest BCUT2D eigenvalue weighted by molar-refractivity contribution is 14.1. The second-order valence-electron chi connectivity index (χ2n) is 8.65. The van der Waals surface area contributed by atoms with E-state index in [1.807, 2.05) is 30.3 Å². The highest BCUT2D eigenvalue weighted by Gasteiger charge is 2.21. The minimum atomic E-state index is -0.823. The Hall–Kier alpha value is -3.71. The van der Waals surface area contributed by atoms with Crippen molar-refractivity contribution in [2.75, 3.05) is 13.7 Å². The van der Waals surface area contributed by atoms with Gasteiger partial charge in [-0.25, -0.2) is 9.78 Å². The van der Waals surface area contributed by atoms with E-state index in [1.54, 1.807) is 44.2 Å². The number of para-hydroxylation sites is 1. The Morgan fingerprint density at radius 3 is 2.77 bits per heavy atom. The van der Waals surface area contributed by atoms with E-state index >= 15 is 0 Å². The van der Waals surface area contributed by atoms with Crippen LogP contribution in [0.4, 0.5) is 0 Å². The monoisotopic (exact) mass is 715 g/mol. The topological polar surface area (TPSA) is 105 Å². The zero-order valence-electron chi connectivity index (χ0n) is 21.7. The molecular weight excluding hydrogens is 693 g/mol. The van der Waals surface area contributed by atoms with Crippen LogP contribution in [-0.4, -0.2) is 41.7 Å². The van der Waals surface area contributed by atoms with E-state index < -0.39 is 12.1 Å². The number of furan rings is 1. The quantitative estimate of drug-likeness (QED) is 0.104. The molecule has 5 aromatic rings. The number of fused-ring (bicyclic) bond motifs is 2. The number of carbonyl (C=O) groups is 1. The number of benzene rings is 3. The lowest BCUT2D eigenvalue weighted by molar-refractivity contribution is -0.150.